The fraction of sp³-hybridized carbons (Fsp3) is 0.625. The van der Waals surface area contributed by atoms with Crippen LogP contribution in [0.5, 0.6) is 0 Å². The Kier molecular flexibility index (Phi) is 5.31. The van der Waals surface area contributed by atoms with Crippen molar-refractivity contribution < 1.29 is 33.7 Å². The van der Waals surface area contributed by atoms with Crippen LogP contribution < -0.4 is 28.9 Å². The van der Waals surface area contributed by atoms with Crippen LogP contribution in [0.15, 0.2) is 12.4 Å². The molecular weight excluding hydrogens is 281 g/mol. The van der Waals surface area contributed by atoms with Crippen LogP contribution >= 0.6 is 0 Å². The summed E-state index contributed by atoms with van der Waals surface area (Å²) < 4.78 is 0. The molecule has 1 unspecified atom stereocenters. The number of carbonyl (C=O) groups is 1. The molecule has 1 rings (SSSR count). The van der Waals surface area contributed by atoms with E-state index in [4.69, 9.17) is 0 Å². The molecule has 0 aromatic carbocycles. The summed E-state index contributed by atoms with van der Waals surface area (Å²) in [7, 11) is 3.78. The van der Waals surface area contributed by atoms with Crippen LogP contribution in [0, 0.1) is 0 Å². The van der Waals surface area contributed by atoms with E-state index in [1.807, 2.05) is 38.3 Å². The molecule has 0 aromatic rings. The minimum absolute atomic E-state index is 0. The summed E-state index contributed by atoms with van der Waals surface area (Å²) in [5.74, 6) is 0. The van der Waals surface area contributed by atoms with Crippen LogP contribution in [0.1, 0.15) is 6.92 Å². The highest BCUT2D eigenvalue weighted by Crippen LogP contribution is 1.86. The van der Waals surface area contributed by atoms with Crippen molar-refractivity contribution in [2.45, 2.75) is 6.92 Å². The number of hydrogen-bond donors (Lipinski definition) is 1. The fourth-order valence-corrected chi connectivity index (χ4v) is 1.12. The van der Waals surface area contributed by atoms with Crippen molar-refractivity contribution in [3.8, 4) is 0 Å². The van der Waals surface area contributed by atoms with E-state index in [1.165, 1.54) is 0 Å². The Labute approximate surface area is 96.2 Å². The van der Waals surface area contributed by atoms with Gasteiger partial charge in [0, 0.05) is 20.6 Å². The summed E-state index contributed by atoms with van der Waals surface area (Å²) in [6, 6.07) is 0.137. The third kappa shape index (κ3) is 3.15. The maximum Gasteiger partial charge on any atom is 0.423 e. The van der Waals surface area contributed by atoms with Crippen LogP contribution in [0.25, 0.3) is 0 Å². The van der Waals surface area contributed by atoms with Crippen LogP contribution in [-0.4, -0.2) is 43.1 Å². The van der Waals surface area contributed by atoms with Gasteiger partial charge in [-0.05, 0) is 6.92 Å². The summed E-state index contributed by atoms with van der Waals surface area (Å²) in [5.41, 5.74) is 0. The highest BCUT2D eigenvalue weighted by atomic mass is 127. The lowest BCUT2D eigenvalue weighted by Crippen LogP contribution is -3.11. The lowest BCUT2D eigenvalue weighted by molar-refractivity contribution is -0.764. The first-order valence-electron chi connectivity index (χ1n) is 4.15. The molecule has 0 aromatic heterocycles. The molecule has 4 nitrogen and oxygen atoms in total. The average molecular weight is 297 g/mol. The van der Waals surface area contributed by atoms with E-state index in [0.29, 0.717) is 0 Å². The molecule has 0 aliphatic carbocycles. The lowest BCUT2D eigenvalue weighted by atomic mass is 10.6. The molecule has 76 valence electrons. The molecule has 0 radical (unpaired) electrons. The average Bonchev–Trinajstić information content (AvgIpc) is 2.49. The van der Waals surface area contributed by atoms with Crippen LogP contribution in [0.4, 0.5) is 4.79 Å². The number of amides is 2. The Hall–Kier alpha value is -0.300. The smallest absolute Gasteiger partial charge is 0.423 e. The summed E-state index contributed by atoms with van der Waals surface area (Å²) in [6.07, 6.45) is 3.81. The molecule has 0 saturated carbocycles. The van der Waals surface area contributed by atoms with E-state index in [0.717, 1.165) is 18.1 Å². The second-order valence-corrected chi connectivity index (χ2v) is 3.08. The van der Waals surface area contributed by atoms with Gasteiger partial charge in [-0.1, -0.05) is 0 Å². The second kappa shape index (κ2) is 5.43. The molecule has 1 aliphatic heterocycles. The maximum atomic E-state index is 11.5. The minimum atomic E-state index is 0. The van der Waals surface area contributed by atoms with Crippen molar-refractivity contribution in [3.63, 3.8) is 0 Å². The van der Waals surface area contributed by atoms with Gasteiger partial charge in [-0.2, -0.15) is 0 Å². The molecule has 13 heavy (non-hydrogen) atoms. The summed E-state index contributed by atoms with van der Waals surface area (Å²) in [6.45, 7) is 3.48. The predicted octanol–water partition coefficient (Wildman–Crippen LogP) is -3.68. The zero-order valence-corrected chi connectivity index (χ0v) is 10.4. The Balaban J connectivity index is 0.00000144. The van der Waals surface area contributed by atoms with Crippen LogP contribution in [-0.2, 0) is 0 Å². The number of carbonyl (C=O) groups excluding carboxylic acids is 1. The first kappa shape index (κ1) is 12.7. The van der Waals surface area contributed by atoms with E-state index in [1.54, 1.807) is 4.90 Å². The monoisotopic (exact) mass is 297 g/mol. The number of nitrogens with zero attached hydrogens (tertiary/aromatic N) is 2. The van der Waals surface area contributed by atoms with E-state index in [-0.39, 0.29) is 30.0 Å². The van der Waals surface area contributed by atoms with E-state index >= 15 is 0 Å². The van der Waals surface area contributed by atoms with Gasteiger partial charge in [0.2, 0.25) is 0 Å². The predicted molar refractivity (Wildman–Crippen MR) is 46.4 cm³/mol. The maximum absolute atomic E-state index is 11.5. The molecule has 0 saturated heterocycles. The third-order valence-electron chi connectivity index (χ3n) is 2.05. The topological polar surface area (TPSA) is 28.0 Å². The van der Waals surface area contributed by atoms with Crippen molar-refractivity contribution in [3.05, 3.63) is 12.4 Å². The van der Waals surface area contributed by atoms with Gasteiger partial charge >= 0.3 is 6.03 Å². The molecule has 0 bridgehead atoms. The van der Waals surface area contributed by atoms with Crippen LogP contribution in [0.2, 0.25) is 0 Å². The first-order chi connectivity index (χ1) is 5.65. The number of hydrogen-bond acceptors (Lipinski definition) is 2. The zero-order chi connectivity index (χ0) is 9.14. The van der Waals surface area contributed by atoms with Crippen molar-refractivity contribution in [1.82, 2.24) is 9.80 Å². The van der Waals surface area contributed by atoms with E-state index in [9.17, 15) is 4.79 Å². The summed E-state index contributed by atoms with van der Waals surface area (Å²) >= 11 is 0. The Morgan fingerprint density at radius 3 is 2.69 bits per heavy atom. The van der Waals surface area contributed by atoms with Gasteiger partial charge < -0.3 is 28.9 Å². The molecule has 0 fully saturated rings. The fourth-order valence-electron chi connectivity index (χ4n) is 1.12. The standard InChI is InChI=1S/C8H15N3O.HI/c1-4-10(3)8(12)11-6-5-9(2)7-11;/h5-6H,4,7H2,1-3H3;1H. The molecule has 1 aliphatic rings. The third-order valence-corrected chi connectivity index (χ3v) is 2.05. The van der Waals surface area contributed by atoms with Gasteiger partial charge in [-0.15, -0.1) is 0 Å². The van der Waals surface area contributed by atoms with Gasteiger partial charge in [-0.25, -0.2) is 9.69 Å². The highest BCUT2D eigenvalue weighted by Gasteiger charge is 2.24. The number of nitrogens with one attached hydrogen (secondary N) is 1. The molecule has 1 heterocycles. The van der Waals surface area contributed by atoms with Crippen molar-refractivity contribution in [2.24, 2.45) is 0 Å². The molecule has 2 amide bonds. The van der Waals surface area contributed by atoms with Gasteiger partial charge in [-0.3, -0.25) is 4.90 Å². The Bertz CT molecular complexity index is 208. The van der Waals surface area contributed by atoms with E-state index < -0.39 is 0 Å². The number of rotatable bonds is 1. The molecule has 5 heteroatoms. The second-order valence-electron chi connectivity index (χ2n) is 3.08. The summed E-state index contributed by atoms with van der Waals surface area (Å²) in [4.78, 5) is 16.1. The number of urea groups is 1. The largest absolute Gasteiger partial charge is 1.00 e. The van der Waals surface area contributed by atoms with Crippen molar-refractivity contribution in [1.29, 1.82) is 0 Å². The number of halogens is 1. The SMILES string of the molecule is CCN(C)C(=O)[NH+]1C=CN(C)C1.[I-]. The van der Waals surface area contributed by atoms with Gasteiger partial charge in [0.15, 0.2) is 6.67 Å². The number of quaternary nitrogens is 1. The molecule has 1 N–H and O–H groups in total. The molecule has 1 atom stereocenters. The Morgan fingerprint density at radius 1 is 1.69 bits per heavy atom. The lowest BCUT2D eigenvalue weighted by Gasteiger charge is -2.17. The highest BCUT2D eigenvalue weighted by molar-refractivity contribution is 5.64. The van der Waals surface area contributed by atoms with Crippen molar-refractivity contribution >= 4 is 6.03 Å². The molecule has 0 spiro atoms. The first-order valence-corrected chi connectivity index (χ1v) is 4.15. The van der Waals surface area contributed by atoms with Gasteiger partial charge in [0.25, 0.3) is 0 Å². The minimum Gasteiger partial charge on any atom is -1.00 e. The normalized spacial score (nSPS) is 19.9. The summed E-state index contributed by atoms with van der Waals surface area (Å²) in [5, 5.41) is 0. The van der Waals surface area contributed by atoms with Gasteiger partial charge in [0.05, 0.1) is 6.20 Å². The van der Waals surface area contributed by atoms with Crippen molar-refractivity contribution in [2.75, 3.05) is 27.3 Å². The Morgan fingerprint density at radius 2 is 2.31 bits per heavy atom. The zero-order valence-electron chi connectivity index (χ0n) is 8.25. The van der Waals surface area contributed by atoms with Gasteiger partial charge in [0.1, 0.15) is 6.20 Å². The molecular formula is C8H16IN3O. The van der Waals surface area contributed by atoms with Crippen LogP contribution in [0.3, 0.4) is 0 Å². The van der Waals surface area contributed by atoms with E-state index in [2.05, 4.69) is 0 Å². The quantitative estimate of drug-likeness (QED) is 0.505.